The standard InChI is InChI=1S/C11H14N2O/c1-8(2)13-7-9-6-10(14-3)4-5-11(9)12-13/h4-8H,1-3H3. The van der Waals surface area contributed by atoms with Crippen molar-refractivity contribution >= 4 is 10.9 Å². The summed E-state index contributed by atoms with van der Waals surface area (Å²) in [5.74, 6) is 0.876. The number of aromatic nitrogens is 2. The second-order valence-electron chi connectivity index (χ2n) is 3.63. The number of hydrogen-bond acceptors (Lipinski definition) is 2. The Hall–Kier alpha value is -1.51. The summed E-state index contributed by atoms with van der Waals surface area (Å²) in [6, 6.07) is 6.31. The summed E-state index contributed by atoms with van der Waals surface area (Å²) < 4.78 is 7.12. The third kappa shape index (κ3) is 1.45. The minimum absolute atomic E-state index is 0.397. The summed E-state index contributed by atoms with van der Waals surface area (Å²) in [5.41, 5.74) is 1.01. The normalized spacial score (nSPS) is 11.1. The first-order chi connectivity index (χ1) is 6.70. The van der Waals surface area contributed by atoms with Gasteiger partial charge >= 0.3 is 0 Å². The van der Waals surface area contributed by atoms with Gasteiger partial charge in [0.1, 0.15) is 5.75 Å². The van der Waals surface area contributed by atoms with Gasteiger partial charge in [-0.1, -0.05) is 0 Å². The van der Waals surface area contributed by atoms with E-state index < -0.39 is 0 Å². The number of rotatable bonds is 2. The Balaban J connectivity index is 2.54. The average molecular weight is 190 g/mol. The molecule has 0 unspecified atom stereocenters. The second kappa shape index (κ2) is 3.33. The minimum Gasteiger partial charge on any atom is -0.497 e. The van der Waals surface area contributed by atoms with Gasteiger partial charge in [-0.25, -0.2) is 0 Å². The van der Waals surface area contributed by atoms with E-state index in [-0.39, 0.29) is 0 Å². The van der Waals surface area contributed by atoms with E-state index in [9.17, 15) is 0 Å². The lowest BCUT2D eigenvalue weighted by atomic mass is 10.2. The molecular formula is C11H14N2O. The zero-order chi connectivity index (χ0) is 10.1. The van der Waals surface area contributed by atoms with Crippen molar-refractivity contribution < 1.29 is 4.74 Å². The van der Waals surface area contributed by atoms with Gasteiger partial charge in [0.25, 0.3) is 0 Å². The molecule has 0 N–H and O–H groups in total. The van der Waals surface area contributed by atoms with E-state index in [1.165, 1.54) is 0 Å². The fourth-order valence-electron chi connectivity index (χ4n) is 1.41. The summed E-state index contributed by atoms with van der Waals surface area (Å²) in [4.78, 5) is 0. The van der Waals surface area contributed by atoms with Crippen molar-refractivity contribution in [3.05, 3.63) is 24.4 Å². The molecule has 0 fully saturated rings. The van der Waals surface area contributed by atoms with Crippen molar-refractivity contribution in [1.82, 2.24) is 9.78 Å². The van der Waals surface area contributed by atoms with Gasteiger partial charge in [0, 0.05) is 17.6 Å². The molecule has 0 atom stereocenters. The van der Waals surface area contributed by atoms with E-state index in [1.54, 1.807) is 7.11 Å². The minimum atomic E-state index is 0.397. The van der Waals surface area contributed by atoms with Crippen molar-refractivity contribution in [2.24, 2.45) is 0 Å². The molecule has 14 heavy (non-hydrogen) atoms. The van der Waals surface area contributed by atoms with Crippen molar-refractivity contribution in [3.63, 3.8) is 0 Å². The highest BCUT2D eigenvalue weighted by Gasteiger charge is 2.03. The molecule has 1 aromatic carbocycles. The highest BCUT2D eigenvalue weighted by molar-refractivity contribution is 5.79. The fraction of sp³-hybridized carbons (Fsp3) is 0.364. The van der Waals surface area contributed by atoms with Gasteiger partial charge in [-0.05, 0) is 32.0 Å². The molecule has 3 nitrogen and oxygen atoms in total. The Labute approximate surface area is 83.3 Å². The summed E-state index contributed by atoms with van der Waals surface area (Å²) >= 11 is 0. The van der Waals surface area contributed by atoms with Crippen LogP contribution in [0.2, 0.25) is 0 Å². The molecule has 0 saturated heterocycles. The van der Waals surface area contributed by atoms with Crippen LogP contribution in [0.5, 0.6) is 5.75 Å². The Morgan fingerprint density at radius 1 is 1.36 bits per heavy atom. The van der Waals surface area contributed by atoms with Crippen LogP contribution in [0.4, 0.5) is 0 Å². The lowest BCUT2D eigenvalue weighted by Gasteiger charge is -2.02. The van der Waals surface area contributed by atoms with Crippen molar-refractivity contribution in [1.29, 1.82) is 0 Å². The first kappa shape index (κ1) is 9.06. The van der Waals surface area contributed by atoms with E-state index in [0.29, 0.717) is 6.04 Å². The lowest BCUT2D eigenvalue weighted by molar-refractivity contribution is 0.415. The van der Waals surface area contributed by atoms with Crippen LogP contribution < -0.4 is 4.74 Å². The Morgan fingerprint density at radius 2 is 2.14 bits per heavy atom. The predicted molar refractivity (Wildman–Crippen MR) is 56.7 cm³/mol. The number of methoxy groups -OCH3 is 1. The number of hydrogen-bond donors (Lipinski definition) is 0. The summed E-state index contributed by atoms with van der Waals surface area (Å²) in [6.45, 7) is 4.23. The molecular weight excluding hydrogens is 176 g/mol. The molecule has 1 heterocycles. The number of benzene rings is 1. The van der Waals surface area contributed by atoms with Gasteiger partial charge in [-0.3, -0.25) is 4.68 Å². The predicted octanol–water partition coefficient (Wildman–Crippen LogP) is 2.63. The number of ether oxygens (including phenoxy) is 1. The topological polar surface area (TPSA) is 27.1 Å². The van der Waals surface area contributed by atoms with E-state index in [0.717, 1.165) is 16.7 Å². The molecule has 0 amide bonds. The van der Waals surface area contributed by atoms with Gasteiger partial charge in [0.15, 0.2) is 0 Å². The van der Waals surface area contributed by atoms with E-state index in [1.807, 2.05) is 29.1 Å². The molecule has 0 spiro atoms. The maximum Gasteiger partial charge on any atom is 0.119 e. The van der Waals surface area contributed by atoms with Crippen LogP contribution in [0.25, 0.3) is 10.9 Å². The third-order valence-corrected chi connectivity index (χ3v) is 2.26. The average Bonchev–Trinajstić information content (AvgIpc) is 2.59. The van der Waals surface area contributed by atoms with Crippen LogP contribution in [0, 0.1) is 0 Å². The molecule has 3 heteroatoms. The first-order valence-electron chi connectivity index (χ1n) is 4.73. The lowest BCUT2D eigenvalue weighted by Crippen LogP contribution is -1.99. The second-order valence-corrected chi connectivity index (χ2v) is 3.63. The Morgan fingerprint density at radius 3 is 2.79 bits per heavy atom. The SMILES string of the molecule is COc1ccc2nn(C(C)C)cc2c1. The quantitative estimate of drug-likeness (QED) is 0.727. The summed E-state index contributed by atoms with van der Waals surface area (Å²) in [6.07, 6.45) is 2.04. The van der Waals surface area contributed by atoms with Gasteiger partial charge in [0.2, 0.25) is 0 Å². The Kier molecular flexibility index (Phi) is 2.15. The van der Waals surface area contributed by atoms with E-state index >= 15 is 0 Å². The van der Waals surface area contributed by atoms with Crippen molar-refractivity contribution in [3.8, 4) is 5.75 Å². The van der Waals surface area contributed by atoms with Crippen LogP contribution in [-0.2, 0) is 0 Å². The molecule has 1 aromatic heterocycles. The largest absolute Gasteiger partial charge is 0.497 e. The molecule has 0 radical (unpaired) electrons. The van der Waals surface area contributed by atoms with E-state index in [4.69, 9.17) is 4.74 Å². The monoisotopic (exact) mass is 190 g/mol. The molecule has 74 valence electrons. The van der Waals surface area contributed by atoms with Crippen LogP contribution in [0.3, 0.4) is 0 Å². The van der Waals surface area contributed by atoms with Gasteiger partial charge in [-0.2, -0.15) is 5.10 Å². The highest BCUT2D eigenvalue weighted by atomic mass is 16.5. The smallest absolute Gasteiger partial charge is 0.119 e. The van der Waals surface area contributed by atoms with Gasteiger partial charge < -0.3 is 4.74 Å². The maximum absolute atomic E-state index is 5.15. The van der Waals surface area contributed by atoms with Crippen molar-refractivity contribution in [2.45, 2.75) is 19.9 Å². The van der Waals surface area contributed by atoms with Crippen LogP contribution >= 0.6 is 0 Å². The van der Waals surface area contributed by atoms with Crippen LogP contribution in [-0.4, -0.2) is 16.9 Å². The molecule has 0 aliphatic rings. The molecule has 0 bridgehead atoms. The highest BCUT2D eigenvalue weighted by Crippen LogP contribution is 2.20. The molecule has 2 rings (SSSR count). The summed E-state index contributed by atoms with van der Waals surface area (Å²) in [7, 11) is 1.67. The molecule has 0 aliphatic carbocycles. The first-order valence-corrected chi connectivity index (χ1v) is 4.73. The van der Waals surface area contributed by atoms with Gasteiger partial charge in [0.05, 0.1) is 12.6 Å². The molecule has 0 aliphatic heterocycles. The Bertz CT molecular complexity index is 445. The molecule has 0 saturated carbocycles. The summed E-state index contributed by atoms with van der Waals surface area (Å²) in [5, 5.41) is 5.57. The van der Waals surface area contributed by atoms with Crippen molar-refractivity contribution in [2.75, 3.05) is 7.11 Å². The van der Waals surface area contributed by atoms with E-state index in [2.05, 4.69) is 18.9 Å². The fourth-order valence-corrected chi connectivity index (χ4v) is 1.41. The third-order valence-electron chi connectivity index (χ3n) is 2.26. The van der Waals surface area contributed by atoms with Crippen LogP contribution in [0.1, 0.15) is 19.9 Å². The zero-order valence-electron chi connectivity index (χ0n) is 8.69. The number of fused-ring (bicyclic) bond motifs is 1. The zero-order valence-corrected chi connectivity index (χ0v) is 8.69. The van der Waals surface area contributed by atoms with Crippen LogP contribution in [0.15, 0.2) is 24.4 Å². The number of nitrogens with zero attached hydrogens (tertiary/aromatic N) is 2. The maximum atomic E-state index is 5.15. The molecule has 2 aromatic rings. The van der Waals surface area contributed by atoms with Gasteiger partial charge in [-0.15, -0.1) is 0 Å².